The van der Waals surface area contributed by atoms with Crippen molar-refractivity contribution < 1.29 is 0 Å². The molecule has 21 heteroatoms. The molecule has 0 bridgehead atoms. The third-order valence-corrected chi connectivity index (χ3v) is 25.0. The van der Waals surface area contributed by atoms with E-state index in [1.807, 2.05) is 105 Å². The van der Waals surface area contributed by atoms with Crippen LogP contribution in [-0.4, -0.2) is 56.2 Å². The SMILES string of the molecule is C.C.C.C.C=CC#N.CC(C)C#N.CCC(C#N)CCC#N.CCC(C#N)CCC#N.CCCC#N.CCCCCCCCCCCCSC(=S)SC(C#N)CC.CCCCCCCCCCCCSC(=S)SC(C)(C)C#N.CCCCCCCCCCCCSC(SC(C#N)CC)SC(C)(C)C#N.[3H]P(C)C#C. The molecule has 0 fully saturated rings. The van der Waals surface area contributed by atoms with Gasteiger partial charge in [-0.15, -0.1) is 65.2 Å². The molecule has 6 unspecified atom stereocenters. The number of hydrogen-bond donors (Lipinski definition) is 0. The van der Waals surface area contributed by atoms with Crippen LogP contribution in [0, 0.1) is 154 Å². The Morgan fingerprint density at radius 2 is 0.759 bits per heavy atom. The first-order chi connectivity index (χ1) is 50.3. The minimum absolute atomic E-state index is 0. The molecule has 0 spiro atoms. The number of thiocarbonyl (C=S) groups is 2. The lowest BCUT2D eigenvalue weighted by molar-refractivity contribution is 0.563. The average Bonchev–Trinajstić information content (AvgIpc) is 0.900. The third-order valence-electron chi connectivity index (χ3n) is 14.4. The minimum atomic E-state index is -0.820. The molecular weight excluding hydrogens is 1520 g/mol. The highest BCUT2D eigenvalue weighted by molar-refractivity contribution is 8.48. The minimum Gasteiger partial charge on any atom is -0.198 e. The van der Waals surface area contributed by atoms with Gasteiger partial charge in [0.2, 0.25) is 0 Å². The van der Waals surface area contributed by atoms with Crippen LogP contribution >= 0.6 is 115 Å². The molecule has 0 rings (SSSR count). The highest BCUT2D eigenvalue weighted by Gasteiger charge is 2.26. The Morgan fingerprint density at radius 3 is 0.991 bits per heavy atom. The molecule has 0 saturated carbocycles. The van der Waals surface area contributed by atoms with Crippen LogP contribution in [0.5, 0.6) is 0 Å². The molecule has 0 aliphatic heterocycles. The average molecular weight is 1680 g/mol. The summed E-state index contributed by atoms with van der Waals surface area (Å²) in [5.41, 5.74) is 2.26. The van der Waals surface area contributed by atoms with Gasteiger partial charge in [0.25, 0.3) is 0 Å². The quantitative estimate of drug-likeness (QED) is 0.0137. The van der Waals surface area contributed by atoms with Gasteiger partial charge in [-0.25, -0.2) is 0 Å². The number of unbranched alkanes of at least 4 members (excludes halogenated alkanes) is 28. The molecule has 108 heavy (non-hydrogen) atoms. The van der Waals surface area contributed by atoms with E-state index in [0.29, 0.717) is 19.3 Å². The van der Waals surface area contributed by atoms with E-state index in [-0.39, 0.29) is 66.6 Å². The van der Waals surface area contributed by atoms with E-state index in [0.717, 1.165) is 69.3 Å². The number of nitriles is 11. The number of thioether (sulfide) groups is 7. The molecule has 0 aliphatic rings. The molecule has 0 aromatic heterocycles. The highest BCUT2D eigenvalue weighted by Crippen LogP contribution is 2.43. The molecule has 0 amide bonds. The van der Waals surface area contributed by atoms with Crippen LogP contribution in [-0.2, 0) is 0 Å². The summed E-state index contributed by atoms with van der Waals surface area (Å²) in [5, 5.41) is 92.8. The maximum atomic E-state index is 9.30. The van der Waals surface area contributed by atoms with Crippen LogP contribution in [0.1, 0.15) is 383 Å². The van der Waals surface area contributed by atoms with E-state index in [4.69, 9.17) is 79.5 Å². The fourth-order valence-electron chi connectivity index (χ4n) is 7.90. The van der Waals surface area contributed by atoms with E-state index in [9.17, 15) is 10.5 Å². The van der Waals surface area contributed by atoms with Crippen LogP contribution in [0.4, 0.5) is 0 Å². The van der Waals surface area contributed by atoms with Crippen molar-refractivity contribution in [1.82, 2.24) is 0 Å². The predicted molar refractivity (Wildman–Crippen MR) is 506 cm³/mol. The molecule has 0 aromatic rings. The third kappa shape index (κ3) is 132. The van der Waals surface area contributed by atoms with E-state index < -0.39 is 13.3 Å². The van der Waals surface area contributed by atoms with Crippen LogP contribution in [0.2, 0.25) is 0 Å². The number of allylic oxidation sites excluding steroid dienone is 1. The van der Waals surface area contributed by atoms with Crippen molar-refractivity contribution in [3.8, 4) is 78.8 Å². The normalized spacial score (nSPS) is 11.2. The fourth-order valence-corrected chi connectivity index (χ4v) is 18.6. The topological polar surface area (TPSA) is 262 Å². The van der Waals surface area contributed by atoms with Gasteiger partial charge in [-0.2, -0.15) is 57.9 Å². The van der Waals surface area contributed by atoms with Crippen molar-refractivity contribution in [2.75, 3.05) is 23.9 Å². The first-order valence-corrected chi connectivity index (χ1v) is 47.3. The maximum absolute atomic E-state index is 9.30. The largest absolute Gasteiger partial charge is 0.198 e. The van der Waals surface area contributed by atoms with Crippen molar-refractivity contribution in [2.24, 2.45) is 17.8 Å². The van der Waals surface area contributed by atoms with Crippen LogP contribution in [0.15, 0.2) is 12.7 Å². The van der Waals surface area contributed by atoms with Crippen molar-refractivity contribution >= 4 is 122 Å². The predicted octanol–water partition coefficient (Wildman–Crippen LogP) is 32.2. The number of nitrogens with zero attached hydrogens (tertiary/aromatic N) is 11. The zero-order valence-electron chi connectivity index (χ0n) is 68.8. The van der Waals surface area contributed by atoms with Crippen molar-refractivity contribution in [2.45, 2.75) is 407 Å². The van der Waals surface area contributed by atoms with E-state index >= 15 is 0 Å². The summed E-state index contributed by atoms with van der Waals surface area (Å²) in [7, 11) is -0.820. The highest BCUT2D eigenvalue weighted by atomic mass is 32.3. The summed E-state index contributed by atoms with van der Waals surface area (Å²) in [6, 6.07) is 23.4. The van der Waals surface area contributed by atoms with Gasteiger partial charge in [0.05, 0.1) is 87.2 Å². The van der Waals surface area contributed by atoms with Gasteiger partial charge < -0.3 is 0 Å². The molecule has 620 valence electrons. The molecule has 0 heterocycles. The molecule has 6 atom stereocenters. The Balaban J connectivity index is -0.0000000925. The van der Waals surface area contributed by atoms with Crippen LogP contribution in [0.25, 0.3) is 0 Å². The smallest absolute Gasteiger partial charge is 0.105 e. The van der Waals surface area contributed by atoms with E-state index in [1.165, 1.54) is 210 Å². The summed E-state index contributed by atoms with van der Waals surface area (Å²) in [5.74, 6) is 3.71. The lowest BCUT2D eigenvalue weighted by Gasteiger charge is -2.24. The summed E-state index contributed by atoms with van der Waals surface area (Å²) >= 11 is 22.5. The summed E-state index contributed by atoms with van der Waals surface area (Å²) < 4.78 is 8.00. The molecule has 0 aromatic carbocycles. The first kappa shape index (κ1) is 131. The maximum Gasteiger partial charge on any atom is 0.105 e. The van der Waals surface area contributed by atoms with E-state index in [2.05, 4.69) is 76.4 Å². The van der Waals surface area contributed by atoms with Crippen LogP contribution in [0.3, 0.4) is 0 Å². The first-order valence-electron chi connectivity index (χ1n) is 39.0. The summed E-state index contributed by atoms with van der Waals surface area (Å²) in [6.45, 7) is 33.2. The number of rotatable bonds is 49. The Hall–Kier alpha value is -3.25. The monoisotopic (exact) mass is 1680 g/mol. The van der Waals surface area contributed by atoms with Crippen molar-refractivity contribution in [3.05, 3.63) is 12.7 Å². The van der Waals surface area contributed by atoms with Gasteiger partial charge in [0, 0.05) is 43.1 Å². The molecule has 0 saturated heterocycles. The van der Waals surface area contributed by atoms with Crippen molar-refractivity contribution in [1.29, 1.82) is 59.2 Å². The molecular formula is C87H158N11PS9. The van der Waals surface area contributed by atoms with E-state index in [1.54, 1.807) is 71.5 Å². The van der Waals surface area contributed by atoms with Crippen LogP contribution < -0.4 is 0 Å². The van der Waals surface area contributed by atoms with Gasteiger partial charge in [-0.1, -0.05) is 319 Å². The summed E-state index contributed by atoms with van der Waals surface area (Å²) in [6.07, 6.45) is 54.6. The number of hydrogen-bond acceptors (Lipinski definition) is 20. The fraction of sp³-hybridized carbons (Fsp3) is 0.805. The Labute approximate surface area is 716 Å². The Morgan fingerprint density at radius 1 is 0.454 bits per heavy atom. The Kier molecular flexibility index (Phi) is 142. The standard InChI is InChI=1S/C21H38N2S3.2C17H31NS3.2C7H10N2.2C4H7N.C3H3N.C3H5P.4CH4/c1-5-7-8-9-10-11-12-13-14-15-16-24-20(25-19(6-2)17-22)26-21(3,4)18-23;1-4-5-6-7-8-9-10-11-12-13-14-20-16(19)21-17(2,3)15-18;1-3-5-6-7-8-9-10-11-12-13-14-20-17(19)21-16(4-2)15-18;2*1-2-7(6-9)4-3-5-8;1-4(2)3-5;1-2-3-4-5;1-2-3-4;1-3-4-2;;;;/h19-20H,5-16H2,1-4H3;4-14H2,1-3H3;16H,3-14H2,1-2H3;2*7H,2-4H2,1H3;4H,1-2H3;2-3H2,1H3;2H,1H2;1,4H,2H3;4*1H4/i;;;;;;;;4T;;;;. The zero-order chi connectivity index (χ0) is 81.7. The zero-order valence-corrected chi connectivity index (χ0v) is 76.0. The lowest BCUT2D eigenvalue weighted by atomic mass is 10.0. The van der Waals surface area contributed by atoms with Gasteiger partial charge in [-0.3, -0.25) is 0 Å². The second-order valence-corrected chi connectivity index (χ2v) is 38.7. The van der Waals surface area contributed by atoms with Gasteiger partial charge in [0.1, 0.15) is 11.8 Å². The molecule has 0 aliphatic carbocycles. The van der Waals surface area contributed by atoms with Gasteiger partial charge in [0.15, 0.2) is 0 Å². The molecule has 0 radical (unpaired) electrons. The second-order valence-electron chi connectivity index (χ2n) is 25.4. The molecule has 0 N–H and O–H groups in total. The lowest BCUT2D eigenvalue weighted by Crippen LogP contribution is -2.16. The van der Waals surface area contributed by atoms with Crippen molar-refractivity contribution in [3.63, 3.8) is 0 Å². The summed E-state index contributed by atoms with van der Waals surface area (Å²) in [4.78, 5) is 0. The Bertz CT molecular complexity index is 2440. The van der Waals surface area contributed by atoms with Gasteiger partial charge in [-0.05, 0) is 138 Å². The van der Waals surface area contributed by atoms with Gasteiger partial charge >= 0.3 is 0 Å². The second kappa shape index (κ2) is 117. The molecule has 11 nitrogen and oxygen atoms in total. The number of terminal acetylenes is 1.